The number of H-pyrrole nitrogens is 1. The van der Waals surface area contributed by atoms with E-state index in [1.165, 1.54) is 0 Å². The van der Waals surface area contributed by atoms with Crippen molar-refractivity contribution in [3.8, 4) is 0 Å². The number of nitrogens with zero attached hydrogens (tertiary/aromatic N) is 3. The number of aryl methyl sites for hydroxylation is 1. The minimum absolute atomic E-state index is 0.0615. The van der Waals surface area contributed by atoms with Crippen LogP contribution in [0.5, 0.6) is 0 Å². The molecule has 7 heteroatoms. The van der Waals surface area contributed by atoms with Crippen LogP contribution in [0.15, 0.2) is 22.9 Å². The van der Waals surface area contributed by atoms with Gasteiger partial charge in [-0.1, -0.05) is 5.16 Å². The van der Waals surface area contributed by atoms with Gasteiger partial charge in [-0.25, -0.2) is 0 Å². The first kappa shape index (κ1) is 13.8. The quantitative estimate of drug-likeness (QED) is 0.891. The van der Waals surface area contributed by atoms with Crippen molar-refractivity contribution in [2.75, 3.05) is 25.0 Å². The van der Waals surface area contributed by atoms with E-state index >= 15 is 0 Å². The molecular formula is C14H19N5O2. The number of nitrogens with one attached hydrogen (secondary N) is 2. The van der Waals surface area contributed by atoms with Crippen LogP contribution >= 0.6 is 0 Å². The summed E-state index contributed by atoms with van der Waals surface area (Å²) in [6, 6.07) is 3.72. The number of anilines is 1. The molecule has 1 saturated heterocycles. The molecule has 1 aliphatic heterocycles. The minimum Gasteiger partial charge on any atom is -0.360 e. The summed E-state index contributed by atoms with van der Waals surface area (Å²) in [7, 11) is 0. The lowest BCUT2D eigenvalue weighted by atomic mass is 9.95. The molecule has 1 aliphatic rings. The zero-order chi connectivity index (χ0) is 14.7. The summed E-state index contributed by atoms with van der Waals surface area (Å²) < 4.78 is 4.93. The summed E-state index contributed by atoms with van der Waals surface area (Å²) in [4.78, 5) is 14.2. The maximum absolute atomic E-state index is 12.0. The standard InChI is InChI=1S/C14H19N5O2/c1-10-7-13(18-21-10)16-14(20)9-19-6-2-3-11(8-19)12-4-5-15-17-12/h4-5,7,11H,2-3,6,8-9H2,1H3,(H,15,17)(H,16,18,20). The molecule has 0 saturated carbocycles. The Balaban J connectivity index is 1.53. The van der Waals surface area contributed by atoms with Crippen molar-refractivity contribution < 1.29 is 9.32 Å². The summed E-state index contributed by atoms with van der Waals surface area (Å²) in [6.45, 7) is 3.97. The molecule has 1 amide bonds. The molecule has 2 aromatic heterocycles. The highest BCUT2D eigenvalue weighted by Crippen LogP contribution is 2.24. The Morgan fingerprint density at radius 3 is 3.24 bits per heavy atom. The molecule has 1 atom stereocenters. The van der Waals surface area contributed by atoms with Crippen molar-refractivity contribution in [3.05, 3.63) is 29.8 Å². The van der Waals surface area contributed by atoms with Crippen molar-refractivity contribution in [1.29, 1.82) is 0 Å². The van der Waals surface area contributed by atoms with Crippen molar-refractivity contribution in [1.82, 2.24) is 20.3 Å². The van der Waals surface area contributed by atoms with Crippen LogP contribution in [0, 0.1) is 6.92 Å². The summed E-state index contributed by atoms with van der Waals surface area (Å²) in [5, 5.41) is 13.5. The van der Waals surface area contributed by atoms with Gasteiger partial charge in [-0.15, -0.1) is 0 Å². The zero-order valence-electron chi connectivity index (χ0n) is 12.0. The smallest absolute Gasteiger partial charge is 0.239 e. The molecule has 1 unspecified atom stereocenters. The van der Waals surface area contributed by atoms with Crippen LogP contribution < -0.4 is 5.32 Å². The molecule has 0 bridgehead atoms. The third kappa shape index (κ3) is 3.49. The number of rotatable bonds is 4. The van der Waals surface area contributed by atoms with Gasteiger partial charge < -0.3 is 9.84 Å². The number of likely N-dealkylation sites (tertiary alicyclic amines) is 1. The van der Waals surface area contributed by atoms with E-state index in [0.29, 0.717) is 24.0 Å². The van der Waals surface area contributed by atoms with Crippen molar-refractivity contribution in [2.24, 2.45) is 0 Å². The predicted octanol–water partition coefficient (Wildman–Crippen LogP) is 1.52. The lowest BCUT2D eigenvalue weighted by Gasteiger charge is -2.31. The molecular weight excluding hydrogens is 270 g/mol. The lowest BCUT2D eigenvalue weighted by Crippen LogP contribution is -2.39. The van der Waals surface area contributed by atoms with E-state index in [1.54, 1.807) is 19.2 Å². The van der Waals surface area contributed by atoms with Gasteiger partial charge in [0.15, 0.2) is 5.82 Å². The van der Waals surface area contributed by atoms with E-state index in [9.17, 15) is 4.79 Å². The van der Waals surface area contributed by atoms with Gasteiger partial charge in [0.2, 0.25) is 5.91 Å². The molecule has 0 radical (unpaired) electrons. The normalized spacial score (nSPS) is 19.6. The molecule has 1 fully saturated rings. The first-order valence-corrected chi connectivity index (χ1v) is 7.15. The number of carbonyl (C=O) groups excluding carboxylic acids is 1. The second kappa shape index (κ2) is 6.09. The van der Waals surface area contributed by atoms with Crippen molar-refractivity contribution in [3.63, 3.8) is 0 Å². The number of hydrogen-bond donors (Lipinski definition) is 2. The zero-order valence-corrected chi connectivity index (χ0v) is 12.0. The van der Waals surface area contributed by atoms with Gasteiger partial charge in [0.1, 0.15) is 5.76 Å². The molecule has 0 aliphatic carbocycles. The van der Waals surface area contributed by atoms with Crippen LogP contribution in [-0.2, 0) is 4.79 Å². The maximum atomic E-state index is 12.0. The molecule has 112 valence electrons. The average molecular weight is 289 g/mol. The van der Waals surface area contributed by atoms with E-state index in [4.69, 9.17) is 4.52 Å². The summed E-state index contributed by atoms with van der Waals surface area (Å²) in [5.74, 6) is 1.51. The molecule has 3 rings (SSSR count). The monoisotopic (exact) mass is 289 g/mol. The van der Waals surface area contributed by atoms with Gasteiger partial charge in [0.25, 0.3) is 0 Å². The minimum atomic E-state index is -0.0615. The van der Waals surface area contributed by atoms with Crippen LogP contribution in [0.4, 0.5) is 5.82 Å². The Morgan fingerprint density at radius 1 is 1.62 bits per heavy atom. The fourth-order valence-electron chi connectivity index (χ4n) is 2.76. The predicted molar refractivity (Wildman–Crippen MR) is 76.9 cm³/mol. The molecule has 21 heavy (non-hydrogen) atoms. The number of amides is 1. The average Bonchev–Trinajstić information content (AvgIpc) is 3.11. The highest BCUT2D eigenvalue weighted by atomic mass is 16.5. The van der Waals surface area contributed by atoms with Crippen LogP contribution in [0.3, 0.4) is 0 Å². The first-order chi connectivity index (χ1) is 10.2. The Kier molecular flexibility index (Phi) is 4.01. The summed E-state index contributed by atoms with van der Waals surface area (Å²) in [5.41, 5.74) is 1.15. The van der Waals surface area contributed by atoms with Crippen molar-refractivity contribution in [2.45, 2.75) is 25.7 Å². The topological polar surface area (TPSA) is 87.0 Å². The highest BCUT2D eigenvalue weighted by Gasteiger charge is 2.23. The van der Waals surface area contributed by atoms with Gasteiger partial charge in [0, 0.05) is 30.4 Å². The number of aromatic amines is 1. The second-order valence-electron chi connectivity index (χ2n) is 5.46. The molecule has 2 N–H and O–H groups in total. The Hall–Kier alpha value is -2.15. The van der Waals surface area contributed by atoms with E-state index in [-0.39, 0.29) is 5.91 Å². The third-order valence-electron chi connectivity index (χ3n) is 3.73. The molecule has 0 aromatic carbocycles. The van der Waals surface area contributed by atoms with Gasteiger partial charge in [-0.2, -0.15) is 5.10 Å². The fraction of sp³-hybridized carbons (Fsp3) is 0.500. The third-order valence-corrected chi connectivity index (χ3v) is 3.73. The highest BCUT2D eigenvalue weighted by molar-refractivity contribution is 5.91. The Labute approximate surface area is 122 Å². The molecule has 0 spiro atoms. The fourth-order valence-corrected chi connectivity index (χ4v) is 2.76. The molecule has 2 aromatic rings. The first-order valence-electron chi connectivity index (χ1n) is 7.15. The van der Waals surface area contributed by atoms with E-state index in [2.05, 4.69) is 25.6 Å². The van der Waals surface area contributed by atoms with Crippen LogP contribution in [-0.4, -0.2) is 45.8 Å². The molecule has 3 heterocycles. The van der Waals surface area contributed by atoms with Gasteiger partial charge in [-0.3, -0.25) is 14.8 Å². The number of piperidine rings is 1. The number of carbonyl (C=O) groups is 1. The van der Waals surface area contributed by atoms with Crippen LogP contribution in [0.25, 0.3) is 0 Å². The van der Waals surface area contributed by atoms with Crippen LogP contribution in [0.2, 0.25) is 0 Å². The van der Waals surface area contributed by atoms with E-state index < -0.39 is 0 Å². The SMILES string of the molecule is Cc1cc(NC(=O)CN2CCCC(c3ccn[nH]3)C2)no1. The van der Waals surface area contributed by atoms with Gasteiger partial charge in [-0.05, 0) is 32.4 Å². The summed E-state index contributed by atoms with van der Waals surface area (Å²) in [6.07, 6.45) is 3.98. The Morgan fingerprint density at radius 2 is 2.52 bits per heavy atom. The van der Waals surface area contributed by atoms with Gasteiger partial charge in [0.05, 0.1) is 6.54 Å². The lowest BCUT2D eigenvalue weighted by molar-refractivity contribution is -0.117. The van der Waals surface area contributed by atoms with Crippen molar-refractivity contribution >= 4 is 11.7 Å². The Bertz CT molecular complexity index is 592. The number of aromatic nitrogens is 3. The van der Waals surface area contributed by atoms with E-state index in [1.807, 2.05) is 6.07 Å². The van der Waals surface area contributed by atoms with Gasteiger partial charge >= 0.3 is 0 Å². The second-order valence-corrected chi connectivity index (χ2v) is 5.46. The summed E-state index contributed by atoms with van der Waals surface area (Å²) >= 11 is 0. The van der Waals surface area contributed by atoms with Crippen LogP contribution in [0.1, 0.15) is 30.2 Å². The molecule has 7 nitrogen and oxygen atoms in total. The van der Waals surface area contributed by atoms with E-state index in [0.717, 1.165) is 31.6 Å². The largest absolute Gasteiger partial charge is 0.360 e. The maximum Gasteiger partial charge on any atom is 0.239 e. The number of hydrogen-bond acceptors (Lipinski definition) is 5.